The molecule has 3 atom stereocenters. The summed E-state index contributed by atoms with van der Waals surface area (Å²) in [6.45, 7) is 2.11. The van der Waals surface area contributed by atoms with E-state index >= 15 is 0 Å². The maximum absolute atomic E-state index is 13.0. The van der Waals surface area contributed by atoms with Crippen molar-refractivity contribution in [3.8, 4) is 0 Å². The van der Waals surface area contributed by atoms with Gasteiger partial charge in [-0.3, -0.25) is 14.4 Å². The van der Waals surface area contributed by atoms with Gasteiger partial charge < -0.3 is 27.0 Å². The van der Waals surface area contributed by atoms with Crippen molar-refractivity contribution in [1.82, 2.24) is 25.6 Å². The Labute approximate surface area is 196 Å². The Morgan fingerprint density at radius 2 is 1.76 bits per heavy atom. The third-order valence-electron chi connectivity index (χ3n) is 5.13. The molecule has 2 bridgehead atoms. The topological polar surface area (TPSA) is 164 Å². The average Bonchev–Trinajstić information content (AvgIpc) is 2.77. The molecule has 1 aromatic carbocycles. The van der Waals surface area contributed by atoms with Crippen LogP contribution in [0.5, 0.6) is 0 Å². The minimum absolute atomic E-state index is 0.0288. The van der Waals surface area contributed by atoms with E-state index in [1.54, 1.807) is 6.92 Å². The number of aromatic nitrogens is 3. The minimum atomic E-state index is -0.918. The van der Waals surface area contributed by atoms with Gasteiger partial charge in [0.05, 0.1) is 0 Å². The molecule has 6 N–H and O–H groups in total. The van der Waals surface area contributed by atoms with Crippen LogP contribution in [-0.4, -0.2) is 57.3 Å². The molecule has 1 aliphatic rings. The third-order valence-corrected chi connectivity index (χ3v) is 5.29. The number of fused-ring (bicyclic) bond motifs is 2. The Bertz CT molecular complexity index is 991. The number of nitrogens with two attached hydrogens (primary N) is 1. The Kier molecular flexibility index (Phi) is 8.36. The molecule has 0 fully saturated rings. The molecule has 1 aliphatic heterocycles. The highest BCUT2D eigenvalue weighted by atomic mass is 35.5. The van der Waals surface area contributed by atoms with Crippen molar-refractivity contribution in [3.63, 3.8) is 0 Å². The average molecular weight is 475 g/mol. The molecule has 33 heavy (non-hydrogen) atoms. The molecular formula is C21H27ClN8O3. The predicted molar refractivity (Wildman–Crippen MR) is 123 cm³/mol. The highest BCUT2D eigenvalue weighted by molar-refractivity contribution is 6.28. The number of nitrogens with zero attached hydrogens (tertiary/aromatic N) is 3. The lowest BCUT2D eigenvalue weighted by molar-refractivity contribution is -0.131. The lowest BCUT2D eigenvalue weighted by Gasteiger charge is -2.24. The van der Waals surface area contributed by atoms with Crippen LogP contribution in [-0.2, 0) is 20.8 Å². The number of rotatable bonds is 3. The molecule has 3 rings (SSSR count). The second kappa shape index (κ2) is 11.4. The van der Waals surface area contributed by atoms with E-state index in [1.165, 1.54) is 0 Å². The van der Waals surface area contributed by atoms with Crippen molar-refractivity contribution < 1.29 is 14.4 Å². The summed E-state index contributed by atoms with van der Waals surface area (Å²) in [6.07, 6.45) is 1.88. The van der Waals surface area contributed by atoms with Crippen molar-refractivity contribution in [3.05, 3.63) is 41.2 Å². The van der Waals surface area contributed by atoms with Crippen molar-refractivity contribution in [2.75, 3.05) is 17.2 Å². The van der Waals surface area contributed by atoms with E-state index in [0.29, 0.717) is 25.8 Å². The second-order valence-electron chi connectivity index (χ2n) is 7.75. The predicted octanol–water partition coefficient (Wildman–Crippen LogP) is 0.619. The van der Waals surface area contributed by atoms with Crippen molar-refractivity contribution in [2.45, 2.75) is 50.7 Å². The van der Waals surface area contributed by atoms with Gasteiger partial charge in [0, 0.05) is 13.0 Å². The number of hydrogen-bond donors (Lipinski definition) is 5. The fourth-order valence-electron chi connectivity index (χ4n) is 3.34. The standard InChI is InChI=1S/C21H27ClN8O3/c1-12-17(32)27-15(11-13-7-3-2-4-8-13)18(33)26-14(16(23)31)9-5-6-10-24-20-28-19(22)29-21(25-12)30-20/h2-4,7-8,12,14-15H,5-6,9-11H2,1H3,(H2,23,31)(H,26,33)(H,27,32)(H2,24,25,28,29,30). The van der Waals surface area contributed by atoms with Crippen molar-refractivity contribution in [2.24, 2.45) is 5.73 Å². The summed E-state index contributed by atoms with van der Waals surface area (Å²) < 4.78 is 0. The number of carbonyl (C=O) groups excluding carboxylic acids is 3. The van der Waals surface area contributed by atoms with Crippen LogP contribution in [0.2, 0.25) is 5.28 Å². The summed E-state index contributed by atoms with van der Waals surface area (Å²) in [4.78, 5) is 50.1. The molecule has 11 nitrogen and oxygen atoms in total. The number of benzene rings is 1. The SMILES string of the molecule is CC1Nc2nc(Cl)nc(n2)NCCCCC(C(N)=O)NC(=O)C(Cc2ccccc2)NC1=O. The zero-order valence-electron chi connectivity index (χ0n) is 18.2. The number of halogens is 1. The number of anilines is 2. The third kappa shape index (κ3) is 7.28. The van der Waals surface area contributed by atoms with Gasteiger partial charge in [0.1, 0.15) is 18.1 Å². The normalized spacial score (nSPS) is 22.3. The molecule has 12 heteroatoms. The molecule has 3 amide bonds. The van der Waals surface area contributed by atoms with E-state index in [1.807, 2.05) is 30.3 Å². The summed E-state index contributed by atoms with van der Waals surface area (Å²) in [5.41, 5.74) is 6.36. The second-order valence-corrected chi connectivity index (χ2v) is 8.09. The van der Waals surface area contributed by atoms with Gasteiger partial charge in [0.2, 0.25) is 34.9 Å². The molecule has 2 aromatic rings. The molecule has 0 aliphatic carbocycles. The molecule has 3 unspecified atom stereocenters. The highest BCUT2D eigenvalue weighted by Gasteiger charge is 2.27. The van der Waals surface area contributed by atoms with Crippen LogP contribution < -0.4 is 27.0 Å². The zero-order chi connectivity index (χ0) is 23.8. The van der Waals surface area contributed by atoms with Gasteiger partial charge in [-0.25, -0.2) is 0 Å². The van der Waals surface area contributed by atoms with Crippen molar-refractivity contribution in [1.29, 1.82) is 0 Å². The lowest BCUT2D eigenvalue weighted by atomic mass is 10.0. The zero-order valence-corrected chi connectivity index (χ0v) is 18.9. The largest absolute Gasteiger partial charge is 0.368 e. The summed E-state index contributed by atoms with van der Waals surface area (Å²) in [5, 5.41) is 11.3. The lowest BCUT2D eigenvalue weighted by Crippen LogP contribution is -2.55. The molecular weight excluding hydrogens is 448 g/mol. The van der Waals surface area contributed by atoms with Crippen LogP contribution in [0, 0.1) is 0 Å². The molecule has 176 valence electrons. The van der Waals surface area contributed by atoms with E-state index in [2.05, 4.69) is 36.2 Å². The monoisotopic (exact) mass is 474 g/mol. The highest BCUT2D eigenvalue weighted by Crippen LogP contribution is 2.12. The maximum atomic E-state index is 13.0. The van der Waals surface area contributed by atoms with Gasteiger partial charge in [-0.1, -0.05) is 30.3 Å². The first-order valence-electron chi connectivity index (χ1n) is 10.7. The van der Waals surface area contributed by atoms with Gasteiger partial charge in [0.25, 0.3) is 0 Å². The number of nitrogens with one attached hydrogen (secondary N) is 4. The van der Waals surface area contributed by atoms with Gasteiger partial charge in [-0.15, -0.1) is 0 Å². The first-order valence-corrected chi connectivity index (χ1v) is 11.1. The fraction of sp³-hybridized carbons (Fsp3) is 0.429. The van der Waals surface area contributed by atoms with E-state index in [4.69, 9.17) is 17.3 Å². The van der Waals surface area contributed by atoms with Gasteiger partial charge in [0.15, 0.2) is 0 Å². The quantitative estimate of drug-likeness (QED) is 0.432. The number of carbonyl (C=O) groups is 3. The summed E-state index contributed by atoms with van der Waals surface area (Å²) >= 11 is 5.99. The Hall–Kier alpha value is -3.47. The van der Waals surface area contributed by atoms with Crippen LogP contribution in [0.25, 0.3) is 0 Å². The number of primary amides is 1. The van der Waals surface area contributed by atoms with Gasteiger partial charge in [-0.2, -0.15) is 15.0 Å². The summed E-state index contributed by atoms with van der Waals surface area (Å²) in [6, 6.07) is 6.70. The number of amides is 3. The van der Waals surface area contributed by atoms with Crippen LogP contribution in [0.15, 0.2) is 30.3 Å². The van der Waals surface area contributed by atoms with E-state index in [0.717, 1.165) is 5.56 Å². The molecule has 0 radical (unpaired) electrons. The molecule has 0 saturated carbocycles. The van der Waals surface area contributed by atoms with Crippen LogP contribution in [0.1, 0.15) is 31.7 Å². The molecule has 0 saturated heterocycles. The number of hydrogen-bond acceptors (Lipinski definition) is 8. The van der Waals surface area contributed by atoms with Crippen LogP contribution in [0.3, 0.4) is 0 Å². The summed E-state index contributed by atoms with van der Waals surface area (Å²) in [7, 11) is 0. The Morgan fingerprint density at radius 1 is 1.03 bits per heavy atom. The first-order chi connectivity index (χ1) is 15.8. The van der Waals surface area contributed by atoms with Gasteiger partial charge in [-0.05, 0) is 43.4 Å². The Morgan fingerprint density at radius 3 is 2.48 bits per heavy atom. The first kappa shape index (κ1) is 24.2. The smallest absolute Gasteiger partial charge is 0.243 e. The van der Waals surface area contributed by atoms with Crippen LogP contribution in [0.4, 0.5) is 11.9 Å². The van der Waals surface area contributed by atoms with Gasteiger partial charge >= 0.3 is 0 Å². The maximum Gasteiger partial charge on any atom is 0.243 e. The summed E-state index contributed by atoms with van der Waals surface area (Å²) in [5.74, 6) is -1.19. The molecule has 0 spiro atoms. The van der Waals surface area contributed by atoms with E-state index < -0.39 is 35.8 Å². The van der Waals surface area contributed by atoms with Crippen molar-refractivity contribution >= 4 is 41.2 Å². The molecule has 2 heterocycles. The van der Waals surface area contributed by atoms with Crippen LogP contribution >= 0.6 is 11.6 Å². The fourth-order valence-corrected chi connectivity index (χ4v) is 3.50. The molecule has 1 aromatic heterocycles. The minimum Gasteiger partial charge on any atom is -0.368 e. The van der Waals surface area contributed by atoms with E-state index in [9.17, 15) is 14.4 Å². The Balaban J connectivity index is 1.86. The van der Waals surface area contributed by atoms with E-state index in [-0.39, 0.29) is 23.6 Å².